The van der Waals surface area contributed by atoms with Crippen molar-refractivity contribution >= 4 is 11.8 Å². The fourth-order valence-electron chi connectivity index (χ4n) is 2.40. The van der Waals surface area contributed by atoms with Gasteiger partial charge in [0.05, 0.1) is 24.0 Å². The Balaban J connectivity index is 1.83. The predicted molar refractivity (Wildman–Crippen MR) is 94.5 cm³/mol. The van der Waals surface area contributed by atoms with Crippen LogP contribution in [0.3, 0.4) is 0 Å². The molecular formula is C18H13F3N4O2S. The van der Waals surface area contributed by atoms with E-state index < -0.39 is 17.3 Å². The first kappa shape index (κ1) is 19.7. The molecule has 0 unspecified atom stereocenters. The van der Waals surface area contributed by atoms with E-state index in [1.165, 1.54) is 14.0 Å². The largest absolute Gasteiger partial charge is 0.497 e. The lowest BCUT2D eigenvalue weighted by atomic mass is 10.1. The fourth-order valence-corrected chi connectivity index (χ4v) is 3.29. The number of aryl methyl sites for hydroxylation is 1. The van der Waals surface area contributed by atoms with E-state index in [4.69, 9.17) is 9.26 Å². The molecule has 1 aromatic carbocycles. The molecule has 0 atom stereocenters. The highest BCUT2D eigenvalue weighted by Crippen LogP contribution is 2.36. The van der Waals surface area contributed by atoms with Crippen LogP contribution in [-0.4, -0.2) is 22.2 Å². The number of hydrogen-bond acceptors (Lipinski definition) is 7. The molecule has 0 amide bonds. The van der Waals surface area contributed by atoms with E-state index in [1.54, 1.807) is 30.3 Å². The lowest BCUT2D eigenvalue weighted by Crippen LogP contribution is -2.10. The molecule has 2 aromatic heterocycles. The number of methoxy groups -OCH3 is 1. The van der Waals surface area contributed by atoms with Gasteiger partial charge in [-0.15, -0.1) is 0 Å². The van der Waals surface area contributed by atoms with Crippen molar-refractivity contribution in [3.8, 4) is 23.2 Å². The quantitative estimate of drug-likeness (QED) is 0.571. The van der Waals surface area contributed by atoms with Crippen LogP contribution in [0.15, 0.2) is 39.9 Å². The van der Waals surface area contributed by atoms with Gasteiger partial charge in [0.25, 0.3) is 0 Å². The van der Waals surface area contributed by atoms with E-state index in [-0.39, 0.29) is 22.4 Å². The monoisotopic (exact) mass is 406 g/mol. The van der Waals surface area contributed by atoms with E-state index >= 15 is 0 Å². The summed E-state index contributed by atoms with van der Waals surface area (Å²) in [5.74, 6) is 1.21. The van der Waals surface area contributed by atoms with Gasteiger partial charge >= 0.3 is 6.18 Å². The SMILES string of the molecule is COc1cccc(-c2noc(CSc3nc(C)cc(C(F)(F)F)c3C#N)n2)c1. The first-order valence-electron chi connectivity index (χ1n) is 7.90. The molecule has 0 bridgehead atoms. The van der Waals surface area contributed by atoms with Gasteiger partial charge in [0.2, 0.25) is 11.7 Å². The number of rotatable bonds is 5. The Morgan fingerprint density at radius 1 is 1.25 bits per heavy atom. The minimum absolute atomic E-state index is 0.0315. The van der Waals surface area contributed by atoms with Crippen molar-refractivity contribution in [2.45, 2.75) is 23.9 Å². The van der Waals surface area contributed by atoms with Gasteiger partial charge in [-0.25, -0.2) is 4.98 Å². The zero-order valence-corrected chi connectivity index (χ0v) is 15.6. The van der Waals surface area contributed by atoms with Gasteiger partial charge in [-0.1, -0.05) is 29.1 Å². The molecule has 0 aliphatic rings. The number of nitriles is 1. The van der Waals surface area contributed by atoms with Crippen LogP contribution < -0.4 is 4.74 Å². The first-order chi connectivity index (χ1) is 13.3. The van der Waals surface area contributed by atoms with Gasteiger partial charge in [-0.05, 0) is 25.1 Å². The molecule has 10 heteroatoms. The summed E-state index contributed by atoms with van der Waals surface area (Å²) in [4.78, 5) is 8.29. The predicted octanol–water partition coefficient (Wildman–Crippen LogP) is 4.63. The molecule has 28 heavy (non-hydrogen) atoms. The average Bonchev–Trinajstić information content (AvgIpc) is 3.14. The number of aromatic nitrogens is 3. The Hall–Kier alpha value is -3.06. The summed E-state index contributed by atoms with van der Waals surface area (Å²) < 4.78 is 49.8. The van der Waals surface area contributed by atoms with E-state index in [2.05, 4.69) is 15.1 Å². The third-order valence-corrected chi connectivity index (χ3v) is 4.62. The maximum Gasteiger partial charge on any atom is 0.417 e. The maximum atomic E-state index is 13.2. The van der Waals surface area contributed by atoms with E-state index in [1.807, 2.05) is 0 Å². The lowest BCUT2D eigenvalue weighted by molar-refractivity contribution is -0.138. The molecule has 0 N–H and O–H groups in total. The zero-order valence-electron chi connectivity index (χ0n) is 14.7. The van der Waals surface area contributed by atoms with Crippen LogP contribution in [0.25, 0.3) is 11.4 Å². The number of thioether (sulfide) groups is 1. The highest BCUT2D eigenvalue weighted by atomic mass is 32.2. The third-order valence-electron chi connectivity index (χ3n) is 3.66. The Bertz CT molecular complexity index is 1040. The molecule has 0 aliphatic heterocycles. The van der Waals surface area contributed by atoms with Crippen molar-refractivity contribution in [1.29, 1.82) is 5.26 Å². The van der Waals surface area contributed by atoms with Crippen LogP contribution in [-0.2, 0) is 11.9 Å². The van der Waals surface area contributed by atoms with Crippen LogP contribution in [0.1, 0.15) is 22.7 Å². The molecule has 6 nitrogen and oxygen atoms in total. The van der Waals surface area contributed by atoms with Gasteiger partial charge in [0.1, 0.15) is 16.8 Å². The summed E-state index contributed by atoms with van der Waals surface area (Å²) >= 11 is 0.931. The van der Waals surface area contributed by atoms with E-state index in [9.17, 15) is 18.4 Å². The van der Waals surface area contributed by atoms with Crippen molar-refractivity contribution in [2.24, 2.45) is 0 Å². The number of pyridine rings is 1. The minimum atomic E-state index is -4.64. The molecular weight excluding hydrogens is 393 g/mol. The van der Waals surface area contributed by atoms with Gasteiger partial charge in [0, 0.05) is 11.3 Å². The summed E-state index contributed by atoms with van der Waals surface area (Å²) in [5, 5.41) is 13.0. The molecule has 3 rings (SSSR count). The summed E-state index contributed by atoms with van der Waals surface area (Å²) in [6.07, 6.45) is -4.64. The van der Waals surface area contributed by atoms with Gasteiger partial charge in [-0.3, -0.25) is 0 Å². The molecule has 0 fully saturated rings. The Labute approximate surface area is 162 Å². The van der Waals surface area contributed by atoms with Gasteiger partial charge < -0.3 is 9.26 Å². The Kier molecular flexibility index (Phi) is 5.56. The van der Waals surface area contributed by atoms with Gasteiger partial charge in [0.15, 0.2) is 0 Å². The number of ether oxygens (including phenoxy) is 1. The topological polar surface area (TPSA) is 84.8 Å². The maximum absolute atomic E-state index is 13.2. The van der Waals surface area contributed by atoms with Crippen molar-refractivity contribution < 1.29 is 22.4 Å². The second-order valence-electron chi connectivity index (χ2n) is 5.63. The van der Waals surface area contributed by atoms with Crippen molar-refractivity contribution in [3.05, 3.63) is 53.0 Å². The van der Waals surface area contributed by atoms with Crippen molar-refractivity contribution in [1.82, 2.24) is 15.1 Å². The highest BCUT2D eigenvalue weighted by Gasteiger charge is 2.35. The number of nitrogens with zero attached hydrogens (tertiary/aromatic N) is 4. The van der Waals surface area contributed by atoms with E-state index in [0.29, 0.717) is 17.1 Å². The molecule has 3 aromatic rings. The van der Waals surface area contributed by atoms with Crippen LogP contribution >= 0.6 is 11.8 Å². The number of alkyl halides is 3. The molecule has 0 saturated carbocycles. The smallest absolute Gasteiger partial charge is 0.417 e. The van der Waals surface area contributed by atoms with Crippen molar-refractivity contribution in [2.75, 3.05) is 7.11 Å². The molecule has 0 aliphatic carbocycles. The van der Waals surface area contributed by atoms with Crippen LogP contribution in [0.4, 0.5) is 13.2 Å². The number of hydrogen-bond donors (Lipinski definition) is 0. The summed E-state index contributed by atoms with van der Waals surface area (Å²) in [5.41, 5.74) is -0.690. The number of benzene rings is 1. The second kappa shape index (κ2) is 7.90. The highest BCUT2D eigenvalue weighted by molar-refractivity contribution is 7.98. The second-order valence-corrected chi connectivity index (χ2v) is 6.60. The van der Waals surface area contributed by atoms with Crippen molar-refractivity contribution in [3.63, 3.8) is 0 Å². The third kappa shape index (κ3) is 4.26. The Morgan fingerprint density at radius 2 is 2.04 bits per heavy atom. The zero-order chi connectivity index (χ0) is 20.3. The summed E-state index contributed by atoms with van der Waals surface area (Å²) in [6.45, 7) is 1.44. The van der Waals surface area contributed by atoms with Crippen LogP contribution in [0, 0.1) is 18.3 Å². The first-order valence-corrected chi connectivity index (χ1v) is 8.89. The average molecular weight is 406 g/mol. The summed E-state index contributed by atoms with van der Waals surface area (Å²) in [7, 11) is 1.54. The molecule has 0 spiro atoms. The molecule has 0 saturated heterocycles. The van der Waals surface area contributed by atoms with Crippen LogP contribution in [0.5, 0.6) is 5.75 Å². The summed E-state index contributed by atoms with van der Waals surface area (Å²) in [6, 6.07) is 9.50. The number of halogens is 3. The van der Waals surface area contributed by atoms with E-state index in [0.717, 1.165) is 17.8 Å². The van der Waals surface area contributed by atoms with Gasteiger partial charge in [-0.2, -0.15) is 23.4 Å². The Morgan fingerprint density at radius 3 is 2.71 bits per heavy atom. The lowest BCUT2D eigenvalue weighted by Gasteiger charge is -2.12. The standard InChI is InChI=1S/C18H13F3N4O2S/c1-10-6-14(18(19,20)21)13(8-22)17(23-10)28-9-15-24-16(25-27-15)11-4-3-5-12(7-11)26-2/h3-7H,9H2,1-2H3. The van der Waals surface area contributed by atoms with Crippen LogP contribution in [0.2, 0.25) is 0 Å². The molecule has 0 radical (unpaired) electrons. The molecule has 144 valence electrons. The minimum Gasteiger partial charge on any atom is -0.497 e. The molecule has 2 heterocycles. The normalized spacial score (nSPS) is 11.3. The fraction of sp³-hybridized carbons (Fsp3) is 0.222.